The van der Waals surface area contributed by atoms with Crippen molar-refractivity contribution in [3.05, 3.63) is 47.9 Å². The van der Waals surface area contributed by atoms with E-state index in [1.165, 1.54) is 0 Å². The number of benzene rings is 1. The number of aromatic nitrogens is 2. The van der Waals surface area contributed by atoms with Crippen LogP contribution in [0.5, 0.6) is 6.01 Å². The van der Waals surface area contributed by atoms with Crippen molar-refractivity contribution in [3.8, 4) is 6.01 Å². The van der Waals surface area contributed by atoms with Gasteiger partial charge in [0.2, 0.25) is 0 Å². The number of rotatable bonds is 5. The van der Waals surface area contributed by atoms with E-state index in [2.05, 4.69) is 20.0 Å². The Kier molecular flexibility index (Phi) is 5.03. The highest BCUT2D eigenvalue weighted by molar-refractivity contribution is 5.83. The highest BCUT2D eigenvalue weighted by Gasteiger charge is 2.11. The standard InChI is InChI=1S/C14H14FN3O3/c1-2-20-14(19)18-12-11(15)8-16-13(17-12)21-9-10-6-4-3-5-7-10/h3-8H,2,9H2,1H3,(H,16,17,18,19). The van der Waals surface area contributed by atoms with E-state index < -0.39 is 11.9 Å². The van der Waals surface area contributed by atoms with Crippen molar-refractivity contribution in [2.45, 2.75) is 13.5 Å². The van der Waals surface area contributed by atoms with Crippen LogP contribution in [0.1, 0.15) is 12.5 Å². The van der Waals surface area contributed by atoms with Crippen molar-refractivity contribution >= 4 is 11.9 Å². The number of anilines is 1. The fourth-order valence-electron chi connectivity index (χ4n) is 1.49. The minimum Gasteiger partial charge on any atom is -0.459 e. The number of hydrogen-bond acceptors (Lipinski definition) is 5. The van der Waals surface area contributed by atoms with E-state index >= 15 is 0 Å². The number of halogens is 1. The van der Waals surface area contributed by atoms with Crippen LogP contribution in [0, 0.1) is 5.82 Å². The molecule has 1 amide bonds. The molecule has 2 rings (SSSR count). The lowest BCUT2D eigenvalue weighted by atomic mass is 10.2. The maximum Gasteiger partial charge on any atom is 0.412 e. The molecular formula is C14H14FN3O3. The quantitative estimate of drug-likeness (QED) is 0.917. The van der Waals surface area contributed by atoms with Gasteiger partial charge in [-0.05, 0) is 12.5 Å². The van der Waals surface area contributed by atoms with E-state index in [0.717, 1.165) is 11.8 Å². The number of hydrogen-bond donors (Lipinski definition) is 1. The second-order valence-corrected chi connectivity index (χ2v) is 3.97. The van der Waals surface area contributed by atoms with Crippen LogP contribution in [-0.2, 0) is 11.3 Å². The van der Waals surface area contributed by atoms with Crippen molar-refractivity contribution in [2.24, 2.45) is 0 Å². The molecule has 0 fully saturated rings. The monoisotopic (exact) mass is 291 g/mol. The number of carbonyl (C=O) groups is 1. The Morgan fingerprint density at radius 2 is 2.10 bits per heavy atom. The number of nitrogens with one attached hydrogen (secondary N) is 1. The van der Waals surface area contributed by atoms with Crippen molar-refractivity contribution in [1.29, 1.82) is 0 Å². The summed E-state index contributed by atoms with van der Waals surface area (Å²) in [5, 5.41) is 2.18. The SMILES string of the molecule is CCOC(=O)Nc1nc(OCc2ccccc2)ncc1F. The lowest BCUT2D eigenvalue weighted by Crippen LogP contribution is -2.16. The first-order chi connectivity index (χ1) is 10.2. The summed E-state index contributed by atoms with van der Waals surface area (Å²) in [7, 11) is 0. The van der Waals surface area contributed by atoms with Crippen LogP contribution in [0.15, 0.2) is 36.5 Å². The summed E-state index contributed by atoms with van der Waals surface area (Å²) in [4.78, 5) is 18.8. The van der Waals surface area contributed by atoms with Crippen molar-refractivity contribution < 1.29 is 18.7 Å². The zero-order valence-electron chi connectivity index (χ0n) is 11.4. The van der Waals surface area contributed by atoms with Gasteiger partial charge in [0.1, 0.15) is 6.61 Å². The molecule has 0 bridgehead atoms. The summed E-state index contributed by atoms with van der Waals surface area (Å²) in [6.45, 7) is 2.06. The van der Waals surface area contributed by atoms with Gasteiger partial charge in [0.25, 0.3) is 0 Å². The number of ether oxygens (including phenoxy) is 2. The molecule has 0 aliphatic heterocycles. The second-order valence-electron chi connectivity index (χ2n) is 3.97. The first-order valence-electron chi connectivity index (χ1n) is 6.32. The van der Waals surface area contributed by atoms with Crippen LogP contribution in [-0.4, -0.2) is 22.7 Å². The molecule has 0 aliphatic rings. The Labute approximate surface area is 120 Å². The normalized spacial score (nSPS) is 10.0. The van der Waals surface area contributed by atoms with Gasteiger partial charge in [-0.25, -0.2) is 14.2 Å². The Morgan fingerprint density at radius 3 is 2.81 bits per heavy atom. The minimum absolute atomic E-state index is 0.0351. The highest BCUT2D eigenvalue weighted by atomic mass is 19.1. The summed E-state index contributed by atoms with van der Waals surface area (Å²) in [6, 6.07) is 9.35. The first kappa shape index (κ1) is 14.7. The van der Waals surface area contributed by atoms with Crippen LogP contribution >= 0.6 is 0 Å². The lowest BCUT2D eigenvalue weighted by molar-refractivity contribution is 0.167. The summed E-state index contributed by atoms with van der Waals surface area (Å²) >= 11 is 0. The lowest BCUT2D eigenvalue weighted by Gasteiger charge is -2.08. The number of amides is 1. The van der Waals surface area contributed by atoms with E-state index in [4.69, 9.17) is 4.74 Å². The molecule has 7 heteroatoms. The predicted molar refractivity (Wildman–Crippen MR) is 73.4 cm³/mol. The van der Waals surface area contributed by atoms with Crippen LogP contribution in [0.25, 0.3) is 0 Å². The van der Waals surface area contributed by atoms with Gasteiger partial charge < -0.3 is 9.47 Å². The number of nitrogens with zero attached hydrogens (tertiary/aromatic N) is 2. The maximum atomic E-state index is 13.5. The first-order valence-corrected chi connectivity index (χ1v) is 6.32. The Bertz CT molecular complexity index is 608. The van der Waals surface area contributed by atoms with Gasteiger partial charge >= 0.3 is 12.1 Å². The molecule has 1 aromatic heterocycles. The molecule has 1 aromatic carbocycles. The smallest absolute Gasteiger partial charge is 0.412 e. The summed E-state index contributed by atoms with van der Waals surface area (Å²) in [5.41, 5.74) is 0.922. The Balaban J connectivity index is 2.02. The van der Waals surface area contributed by atoms with Gasteiger partial charge in [0, 0.05) is 0 Å². The van der Waals surface area contributed by atoms with Gasteiger partial charge in [-0.15, -0.1) is 0 Å². The topological polar surface area (TPSA) is 73.3 Å². The third kappa shape index (κ3) is 4.41. The van der Waals surface area contributed by atoms with E-state index in [9.17, 15) is 9.18 Å². The summed E-state index contributed by atoms with van der Waals surface area (Å²) in [6.07, 6.45) is 0.138. The molecule has 6 nitrogen and oxygen atoms in total. The molecule has 21 heavy (non-hydrogen) atoms. The van der Waals surface area contributed by atoms with Gasteiger partial charge in [-0.3, -0.25) is 5.32 Å². The molecule has 1 heterocycles. The Morgan fingerprint density at radius 1 is 1.33 bits per heavy atom. The van der Waals surface area contributed by atoms with Gasteiger partial charge in [0.15, 0.2) is 11.6 Å². The molecule has 0 spiro atoms. The highest BCUT2D eigenvalue weighted by Crippen LogP contribution is 2.14. The molecule has 1 N–H and O–H groups in total. The van der Waals surface area contributed by atoms with Crippen LogP contribution in [0.3, 0.4) is 0 Å². The van der Waals surface area contributed by atoms with Gasteiger partial charge in [-0.2, -0.15) is 4.98 Å². The van der Waals surface area contributed by atoms with E-state index in [1.54, 1.807) is 6.92 Å². The molecular weight excluding hydrogens is 277 g/mol. The fourth-order valence-corrected chi connectivity index (χ4v) is 1.49. The van der Waals surface area contributed by atoms with E-state index in [-0.39, 0.29) is 25.0 Å². The average Bonchev–Trinajstić information content (AvgIpc) is 2.49. The molecule has 0 radical (unpaired) electrons. The molecule has 0 unspecified atom stereocenters. The van der Waals surface area contributed by atoms with Gasteiger partial charge in [0.05, 0.1) is 12.8 Å². The Hall–Kier alpha value is -2.70. The zero-order chi connectivity index (χ0) is 15.1. The van der Waals surface area contributed by atoms with Crippen LogP contribution < -0.4 is 10.1 Å². The maximum absolute atomic E-state index is 13.5. The van der Waals surface area contributed by atoms with Gasteiger partial charge in [-0.1, -0.05) is 30.3 Å². The predicted octanol–water partition coefficient (Wildman–Crippen LogP) is 2.76. The van der Waals surface area contributed by atoms with E-state index in [0.29, 0.717) is 0 Å². The van der Waals surface area contributed by atoms with Crippen molar-refractivity contribution in [2.75, 3.05) is 11.9 Å². The van der Waals surface area contributed by atoms with Crippen LogP contribution in [0.2, 0.25) is 0 Å². The molecule has 2 aromatic rings. The molecule has 0 saturated heterocycles. The second kappa shape index (κ2) is 7.18. The molecule has 110 valence electrons. The third-order valence-electron chi connectivity index (χ3n) is 2.43. The third-order valence-corrected chi connectivity index (χ3v) is 2.43. The summed E-state index contributed by atoms with van der Waals surface area (Å²) in [5.74, 6) is -1.05. The van der Waals surface area contributed by atoms with Crippen LogP contribution in [0.4, 0.5) is 15.0 Å². The summed E-state index contributed by atoms with van der Waals surface area (Å²) < 4.78 is 23.5. The molecule has 0 aliphatic carbocycles. The van der Waals surface area contributed by atoms with Crippen molar-refractivity contribution in [3.63, 3.8) is 0 Å². The molecule has 0 atom stereocenters. The minimum atomic E-state index is -0.788. The van der Waals surface area contributed by atoms with Crippen molar-refractivity contribution in [1.82, 2.24) is 9.97 Å². The largest absolute Gasteiger partial charge is 0.459 e. The van der Waals surface area contributed by atoms with E-state index in [1.807, 2.05) is 30.3 Å². The molecule has 0 saturated carbocycles. The fraction of sp³-hybridized carbons (Fsp3) is 0.214. The number of carbonyl (C=O) groups excluding carboxylic acids is 1. The average molecular weight is 291 g/mol. The zero-order valence-corrected chi connectivity index (χ0v) is 11.4.